The van der Waals surface area contributed by atoms with E-state index in [1.165, 1.54) is 0 Å². The van der Waals surface area contributed by atoms with Gasteiger partial charge in [-0.05, 0) is 12.1 Å². The third-order valence-corrected chi connectivity index (χ3v) is 1.18. The minimum atomic E-state index is -0.486. The zero-order valence-corrected chi connectivity index (χ0v) is 5.65. The molecule has 0 saturated carbocycles. The molecule has 0 unspecified atom stereocenters. The Morgan fingerprint density at radius 2 is 1.91 bits per heavy atom. The molecule has 1 aromatic rings. The number of amides is 1. The van der Waals surface area contributed by atoms with Gasteiger partial charge in [-0.2, -0.15) is 0 Å². The van der Waals surface area contributed by atoms with Gasteiger partial charge < -0.3 is 0 Å². The molecule has 4 nitrogen and oxygen atoms in total. The Kier molecular flexibility index (Phi) is 2.32. The van der Waals surface area contributed by atoms with Gasteiger partial charge in [0.25, 0.3) is 5.91 Å². The minimum Gasteiger partial charge on any atom is -0.267 e. The summed E-state index contributed by atoms with van der Waals surface area (Å²) in [7, 11) is 0. The summed E-state index contributed by atoms with van der Waals surface area (Å²) in [5, 5.41) is 2.26. The number of nitrogens with one attached hydrogen (secondary N) is 1. The maximum absolute atomic E-state index is 10.8. The summed E-state index contributed by atoms with van der Waals surface area (Å²) < 4.78 is 0. The van der Waals surface area contributed by atoms with Crippen molar-refractivity contribution < 1.29 is 4.79 Å². The molecule has 1 N–H and O–H groups in total. The molecule has 1 aromatic carbocycles. The highest BCUT2D eigenvalue weighted by atomic mass is 16.3. The van der Waals surface area contributed by atoms with Crippen molar-refractivity contribution in [3.8, 4) is 0 Å². The van der Waals surface area contributed by atoms with Crippen LogP contribution in [0, 0.1) is 4.91 Å². The van der Waals surface area contributed by atoms with Crippen LogP contribution in [0.5, 0.6) is 0 Å². The average Bonchev–Trinajstić information content (AvgIpc) is 2.07. The van der Waals surface area contributed by atoms with E-state index in [0.717, 1.165) is 0 Å². The third kappa shape index (κ3) is 1.86. The molecular formula is C7H6N2O2. The van der Waals surface area contributed by atoms with E-state index in [-0.39, 0.29) is 0 Å². The molecule has 0 radical (unpaired) electrons. The number of hydrogen-bond acceptors (Lipinski definition) is 3. The molecule has 1 rings (SSSR count). The fourth-order valence-electron chi connectivity index (χ4n) is 0.696. The topological polar surface area (TPSA) is 58.5 Å². The Morgan fingerprint density at radius 1 is 1.27 bits per heavy atom. The van der Waals surface area contributed by atoms with Crippen molar-refractivity contribution in [2.75, 3.05) is 0 Å². The maximum Gasteiger partial charge on any atom is 0.273 e. The molecule has 0 heterocycles. The van der Waals surface area contributed by atoms with Crippen LogP contribution < -0.4 is 5.43 Å². The van der Waals surface area contributed by atoms with Gasteiger partial charge in [0.15, 0.2) is 0 Å². The van der Waals surface area contributed by atoms with E-state index in [1.54, 1.807) is 35.8 Å². The molecule has 11 heavy (non-hydrogen) atoms. The monoisotopic (exact) mass is 150 g/mol. The smallest absolute Gasteiger partial charge is 0.267 e. The van der Waals surface area contributed by atoms with Gasteiger partial charge in [0.2, 0.25) is 0 Å². The number of carbonyl (C=O) groups is 1. The molecule has 4 heteroatoms. The summed E-state index contributed by atoms with van der Waals surface area (Å²) in [6.07, 6.45) is 0. The Bertz CT molecular complexity index is 258. The summed E-state index contributed by atoms with van der Waals surface area (Å²) in [5.74, 6) is -0.486. The van der Waals surface area contributed by atoms with Gasteiger partial charge in [-0.25, -0.2) is 5.43 Å². The lowest BCUT2D eigenvalue weighted by Gasteiger charge is -1.94. The van der Waals surface area contributed by atoms with Crippen LogP contribution in [0.1, 0.15) is 10.4 Å². The van der Waals surface area contributed by atoms with E-state index in [9.17, 15) is 9.70 Å². The first-order valence-corrected chi connectivity index (χ1v) is 3.02. The van der Waals surface area contributed by atoms with Gasteiger partial charge >= 0.3 is 0 Å². The van der Waals surface area contributed by atoms with Crippen molar-refractivity contribution in [2.45, 2.75) is 0 Å². The molecule has 0 aliphatic carbocycles. The molecule has 56 valence electrons. The van der Waals surface area contributed by atoms with E-state index >= 15 is 0 Å². The van der Waals surface area contributed by atoms with Crippen LogP contribution in [0.25, 0.3) is 0 Å². The van der Waals surface area contributed by atoms with Crippen LogP contribution in [0.15, 0.2) is 35.6 Å². The number of nitroso groups, excluding NO2 is 1. The lowest BCUT2D eigenvalue weighted by Crippen LogP contribution is -2.15. The Morgan fingerprint density at radius 3 is 2.45 bits per heavy atom. The fraction of sp³-hybridized carbons (Fsp3) is 0. The molecular weight excluding hydrogens is 144 g/mol. The SMILES string of the molecule is O=NNC(=O)c1ccccc1. The first-order chi connectivity index (χ1) is 5.34. The molecule has 0 bridgehead atoms. The van der Waals surface area contributed by atoms with Crippen LogP contribution in [0.4, 0.5) is 0 Å². The van der Waals surface area contributed by atoms with Gasteiger partial charge in [0, 0.05) is 5.56 Å². The molecule has 0 aromatic heterocycles. The quantitative estimate of drug-likeness (QED) is 0.506. The lowest BCUT2D eigenvalue weighted by molar-refractivity contribution is 0.0954. The molecule has 0 aliphatic heterocycles. The van der Waals surface area contributed by atoms with Crippen LogP contribution in [-0.4, -0.2) is 5.91 Å². The van der Waals surface area contributed by atoms with E-state index in [2.05, 4.69) is 5.29 Å². The van der Waals surface area contributed by atoms with Crippen LogP contribution in [0.2, 0.25) is 0 Å². The van der Waals surface area contributed by atoms with E-state index < -0.39 is 5.91 Å². The number of rotatable bonds is 2. The largest absolute Gasteiger partial charge is 0.273 e. The standard InChI is InChI=1S/C7H6N2O2/c10-7(8-9-11)6-4-2-1-3-5-6/h1-5H,(H,8,10,11). The predicted molar refractivity (Wildman–Crippen MR) is 39.7 cm³/mol. The zero-order valence-electron chi connectivity index (χ0n) is 5.65. The normalized spacial score (nSPS) is 8.73. The van der Waals surface area contributed by atoms with E-state index in [0.29, 0.717) is 5.56 Å². The average molecular weight is 150 g/mol. The van der Waals surface area contributed by atoms with E-state index in [1.807, 2.05) is 0 Å². The Labute approximate surface area is 63.2 Å². The van der Waals surface area contributed by atoms with Gasteiger partial charge in [-0.1, -0.05) is 18.2 Å². The van der Waals surface area contributed by atoms with Gasteiger partial charge in [0.1, 0.15) is 0 Å². The molecule has 0 aliphatic rings. The summed E-state index contributed by atoms with van der Waals surface area (Å²) in [6, 6.07) is 8.39. The highest BCUT2D eigenvalue weighted by molar-refractivity contribution is 5.93. The summed E-state index contributed by atoms with van der Waals surface area (Å²) >= 11 is 0. The van der Waals surface area contributed by atoms with Crippen LogP contribution >= 0.6 is 0 Å². The molecule has 1 amide bonds. The number of benzene rings is 1. The maximum atomic E-state index is 10.8. The first-order valence-electron chi connectivity index (χ1n) is 3.02. The van der Waals surface area contributed by atoms with E-state index in [4.69, 9.17) is 0 Å². The van der Waals surface area contributed by atoms with Crippen LogP contribution in [0.3, 0.4) is 0 Å². The minimum absolute atomic E-state index is 0.423. The van der Waals surface area contributed by atoms with Gasteiger partial charge in [-0.3, -0.25) is 4.79 Å². The number of hydrogen-bond donors (Lipinski definition) is 1. The highest BCUT2D eigenvalue weighted by Gasteiger charge is 2.01. The lowest BCUT2D eigenvalue weighted by atomic mass is 10.2. The van der Waals surface area contributed by atoms with Crippen molar-refractivity contribution in [1.29, 1.82) is 0 Å². The fourth-order valence-corrected chi connectivity index (χ4v) is 0.696. The number of carbonyl (C=O) groups excluding carboxylic acids is 1. The molecule has 0 atom stereocenters. The van der Waals surface area contributed by atoms with Gasteiger partial charge in [0.05, 0.1) is 5.29 Å². The molecule has 0 fully saturated rings. The third-order valence-electron chi connectivity index (χ3n) is 1.18. The van der Waals surface area contributed by atoms with Crippen molar-refractivity contribution in [3.63, 3.8) is 0 Å². The first kappa shape index (κ1) is 7.40. The second-order valence-electron chi connectivity index (χ2n) is 1.90. The highest BCUT2D eigenvalue weighted by Crippen LogP contribution is 1.96. The summed E-state index contributed by atoms with van der Waals surface area (Å²) in [6.45, 7) is 0. The van der Waals surface area contributed by atoms with Crippen LogP contribution in [-0.2, 0) is 0 Å². The summed E-state index contributed by atoms with van der Waals surface area (Å²) in [4.78, 5) is 20.4. The van der Waals surface area contributed by atoms with Gasteiger partial charge in [-0.15, -0.1) is 4.91 Å². The number of nitrogens with zero attached hydrogens (tertiary/aromatic N) is 1. The second kappa shape index (κ2) is 3.46. The Hall–Kier alpha value is -1.71. The van der Waals surface area contributed by atoms with Crippen molar-refractivity contribution in [1.82, 2.24) is 5.43 Å². The molecule has 0 spiro atoms. The van der Waals surface area contributed by atoms with Crippen molar-refractivity contribution >= 4 is 5.91 Å². The Balaban J connectivity index is 2.77. The second-order valence-corrected chi connectivity index (χ2v) is 1.90. The summed E-state index contributed by atoms with van der Waals surface area (Å²) in [5.41, 5.74) is 2.22. The predicted octanol–water partition coefficient (Wildman–Crippen LogP) is 1.10. The van der Waals surface area contributed by atoms with Crippen molar-refractivity contribution in [2.24, 2.45) is 5.29 Å². The molecule has 0 saturated heterocycles. The van der Waals surface area contributed by atoms with Crippen molar-refractivity contribution in [3.05, 3.63) is 40.8 Å². The zero-order chi connectivity index (χ0) is 8.10.